The first kappa shape index (κ1) is 21.9. The molecule has 1 unspecified atom stereocenters. The van der Waals surface area contributed by atoms with Crippen LogP contribution < -0.4 is 0 Å². The standard InChI is InChI=1S/C33H25FN2O/c1-33-19-24-20-35-36(27-14-12-26(34)13-15-27)31(24)18-25(33)11-10-23(32(33)37)17-30-28-8-4-2-6-21(28)16-22-7-3-5-9-29(22)30/h2-9,12-18,20H,10-11,19H2,1H3. The average Bonchev–Trinajstić information content (AvgIpc) is 3.32. The Morgan fingerprint density at radius 3 is 2.30 bits per heavy atom. The molecule has 5 aromatic rings. The van der Waals surface area contributed by atoms with Crippen LogP contribution in [0.1, 0.15) is 36.6 Å². The van der Waals surface area contributed by atoms with Crippen molar-refractivity contribution in [3.05, 3.63) is 119 Å². The zero-order chi connectivity index (χ0) is 25.1. The first-order valence-electron chi connectivity index (χ1n) is 12.7. The number of aromatic nitrogens is 2. The zero-order valence-electron chi connectivity index (χ0n) is 20.5. The van der Waals surface area contributed by atoms with Gasteiger partial charge in [0.2, 0.25) is 0 Å². The highest BCUT2D eigenvalue weighted by Crippen LogP contribution is 2.48. The van der Waals surface area contributed by atoms with E-state index < -0.39 is 5.41 Å². The van der Waals surface area contributed by atoms with Crippen molar-refractivity contribution in [3.8, 4) is 5.69 Å². The number of ketones is 1. The third kappa shape index (κ3) is 3.40. The number of carbonyl (C=O) groups excluding carboxylic acids is 1. The summed E-state index contributed by atoms with van der Waals surface area (Å²) in [6.07, 6.45) is 8.27. The molecule has 37 heavy (non-hydrogen) atoms. The molecule has 180 valence electrons. The second-order valence-electron chi connectivity index (χ2n) is 10.4. The van der Waals surface area contributed by atoms with Gasteiger partial charge in [0, 0.05) is 0 Å². The third-order valence-corrected chi connectivity index (χ3v) is 8.11. The maximum absolute atomic E-state index is 14.1. The zero-order valence-corrected chi connectivity index (χ0v) is 20.5. The average molecular weight is 485 g/mol. The molecular formula is C33H25FN2O. The predicted molar refractivity (Wildman–Crippen MR) is 147 cm³/mol. The van der Waals surface area contributed by atoms with Gasteiger partial charge >= 0.3 is 0 Å². The van der Waals surface area contributed by atoms with Crippen molar-refractivity contribution in [1.29, 1.82) is 0 Å². The number of rotatable bonds is 2. The fraction of sp³-hybridized carbons (Fsp3) is 0.152. The van der Waals surface area contributed by atoms with Crippen LogP contribution in [-0.4, -0.2) is 15.6 Å². The van der Waals surface area contributed by atoms with E-state index >= 15 is 0 Å². The Balaban J connectivity index is 1.32. The lowest BCUT2D eigenvalue weighted by Gasteiger charge is -2.39. The number of allylic oxidation sites excluding steroid dienone is 2. The number of benzene rings is 4. The van der Waals surface area contributed by atoms with Crippen molar-refractivity contribution < 1.29 is 9.18 Å². The van der Waals surface area contributed by atoms with Gasteiger partial charge in [-0.2, -0.15) is 5.10 Å². The molecular weight excluding hydrogens is 459 g/mol. The van der Waals surface area contributed by atoms with Crippen molar-refractivity contribution in [2.75, 3.05) is 0 Å². The molecule has 1 fully saturated rings. The second-order valence-corrected chi connectivity index (χ2v) is 10.4. The Morgan fingerprint density at radius 1 is 0.919 bits per heavy atom. The summed E-state index contributed by atoms with van der Waals surface area (Å²) < 4.78 is 15.3. The number of Topliss-reactive ketones (excluding diaryl/α,β-unsaturated/α-hetero) is 1. The normalized spacial score (nSPS) is 20.2. The molecule has 0 N–H and O–H groups in total. The van der Waals surface area contributed by atoms with E-state index in [2.05, 4.69) is 78.8 Å². The summed E-state index contributed by atoms with van der Waals surface area (Å²) in [4.78, 5) is 14.1. The SMILES string of the molecule is CC12Cc3cnn(-c4ccc(F)cc4)c3C=C1CCC(=Cc1c3ccccc3cc3ccccc13)C2=O. The summed E-state index contributed by atoms with van der Waals surface area (Å²) >= 11 is 0. The van der Waals surface area contributed by atoms with Gasteiger partial charge in [-0.05, 0) is 107 Å². The molecule has 0 bridgehead atoms. The van der Waals surface area contributed by atoms with E-state index in [9.17, 15) is 9.18 Å². The van der Waals surface area contributed by atoms with Gasteiger partial charge in [0.1, 0.15) is 5.82 Å². The quantitative estimate of drug-likeness (QED) is 0.190. The van der Waals surface area contributed by atoms with Crippen LogP contribution in [0.3, 0.4) is 0 Å². The Morgan fingerprint density at radius 2 is 1.59 bits per heavy atom. The van der Waals surface area contributed by atoms with Gasteiger partial charge in [0.05, 0.1) is 23.0 Å². The molecule has 0 aliphatic heterocycles. The summed E-state index contributed by atoms with van der Waals surface area (Å²) in [5.41, 5.74) is 5.40. The fourth-order valence-corrected chi connectivity index (χ4v) is 6.12. The van der Waals surface area contributed by atoms with Crippen molar-refractivity contribution in [3.63, 3.8) is 0 Å². The van der Waals surface area contributed by atoms with Crippen LogP contribution in [0.4, 0.5) is 4.39 Å². The van der Waals surface area contributed by atoms with Crippen molar-refractivity contribution >= 4 is 39.5 Å². The molecule has 4 aromatic carbocycles. The van der Waals surface area contributed by atoms with E-state index in [1.807, 2.05) is 10.9 Å². The summed E-state index contributed by atoms with van der Waals surface area (Å²) in [6, 6.07) is 25.4. The molecule has 0 amide bonds. The summed E-state index contributed by atoms with van der Waals surface area (Å²) in [7, 11) is 0. The van der Waals surface area contributed by atoms with Crippen molar-refractivity contribution in [2.45, 2.75) is 26.2 Å². The predicted octanol–water partition coefficient (Wildman–Crippen LogP) is 7.71. The van der Waals surface area contributed by atoms with E-state index in [0.29, 0.717) is 12.8 Å². The van der Waals surface area contributed by atoms with Crippen LogP contribution in [0.25, 0.3) is 39.4 Å². The lowest BCUT2D eigenvalue weighted by Crippen LogP contribution is -2.38. The fourth-order valence-electron chi connectivity index (χ4n) is 6.12. The number of fused-ring (bicyclic) bond motifs is 4. The molecule has 3 nitrogen and oxygen atoms in total. The smallest absolute Gasteiger partial charge is 0.169 e. The molecule has 0 radical (unpaired) electrons. The maximum atomic E-state index is 14.1. The van der Waals surface area contributed by atoms with Crippen molar-refractivity contribution in [2.24, 2.45) is 5.41 Å². The Bertz CT molecular complexity index is 1740. The minimum atomic E-state index is -0.589. The van der Waals surface area contributed by atoms with Gasteiger partial charge in [-0.3, -0.25) is 4.79 Å². The Labute approximate surface area is 214 Å². The van der Waals surface area contributed by atoms with Crippen molar-refractivity contribution in [1.82, 2.24) is 9.78 Å². The van der Waals surface area contributed by atoms with Crippen LogP contribution in [0.15, 0.2) is 96.2 Å². The third-order valence-electron chi connectivity index (χ3n) is 8.11. The summed E-state index contributed by atoms with van der Waals surface area (Å²) in [5, 5.41) is 9.28. The molecule has 1 aromatic heterocycles. The first-order chi connectivity index (χ1) is 18.0. The topological polar surface area (TPSA) is 34.9 Å². The lowest BCUT2D eigenvalue weighted by molar-refractivity contribution is -0.123. The maximum Gasteiger partial charge on any atom is 0.169 e. The van der Waals surface area contributed by atoms with Gasteiger partial charge < -0.3 is 0 Å². The largest absolute Gasteiger partial charge is 0.294 e. The molecule has 0 saturated heterocycles. The Hall–Kier alpha value is -4.31. The van der Waals surface area contributed by atoms with Gasteiger partial charge in [-0.15, -0.1) is 0 Å². The highest BCUT2D eigenvalue weighted by Gasteiger charge is 2.44. The van der Waals surface area contributed by atoms with E-state index in [4.69, 9.17) is 0 Å². The highest BCUT2D eigenvalue weighted by atomic mass is 19.1. The van der Waals surface area contributed by atoms with Crippen LogP contribution in [0.5, 0.6) is 0 Å². The van der Waals surface area contributed by atoms with Gasteiger partial charge in [-0.1, -0.05) is 54.1 Å². The number of hydrogen-bond acceptors (Lipinski definition) is 2. The number of halogens is 1. The van der Waals surface area contributed by atoms with Crippen LogP contribution in [-0.2, 0) is 11.2 Å². The van der Waals surface area contributed by atoms with Crippen LogP contribution in [0, 0.1) is 11.2 Å². The van der Waals surface area contributed by atoms with Crippen LogP contribution >= 0.6 is 0 Å². The molecule has 1 heterocycles. The van der Waals surface area contributed by atoms with E-state index in [1.165, 1.54) is 33.7 Å². The number of nitrogens with zero attached hydrogens (tertiary/aromatic N) is 2. The summed E-state index contributed by atoms with van der Waals surface area (Å²) in [6.45, 7) is 2.08. The number of carbonyl (C=O) groups is 1. The first-order valence-corrected chi connectivity index (χ1v) is 12.7. The molecule has 2 aliphatic rings. The number of hydrogen-bond donors (Lipinski definition) is 0. The Kier molecular flexibility index (Phi) is 4.80. The van der Waals surface area contributed by atoms with E-state index in [1.54, 1.807) is 12.1 Å². The minimum Gasteiger partial charge on any atom is -0.294 e. The van der Waals surface area contributed by atoms with E-state index in [0.717, 1.165) is 40.1 Å². The molecule has 4 heteroatoms. The lowest BCUT2D eigenvalue weighted by atomic mass is 9.63. The van der Waals surface area contributed by atoms with Gasteiger partial charge in [-0.25, -0.2) is 9.07 Å². The van der Waals surface area contributed by atoms with E-state index in [-0.39, 0.29) is 11.6 Å². The highest BCUT2D eigenvalue weighted by molar-refractivity contribution is 6.12. The molecule has 7 rings (SSSR count). The van der Waals surface area contributed by atoms with Gasteiger partial charge in [0.25, 0.3) is 0 Å². The monoisotopic (exact) mass is 484 g/mol. The van der Waals surface area contributed by atoms with Crippen LogP contribution in [0.2, 0.25) is 0 Å². The summed E-state index contributed by atoms with van der Waals surface area (Å²) in [5.74, 6) is -0.0749. The van der Waals surface area contributed by atoms with Gasteiger partial charge in [0.15, 0.2) is 5.78 Å². The second kappa shape index (κ2) is 8.10. The molecule has 2 aliphatic carbocycles. The molecule has 0 spiro atoms. The molecule has 1 saturated carbocycles. The minimum absolute atomic E-state index is 0.196. The molecule has 1 atom stereocenters.